The summed E-state index contributed by atoms with van der Waals surface area (Å²) in [6, 6.07) is 1.81. The number of phenolic OH excluding ortho intramolecular Hbond substituents is 1. The SMILES string of the molecule is O=S(=O)([O-])Oc1cc2c(ccn2S(=O)(=O)[O-])c(Cl)c1O.[Na+].[Na+]. The molecule has 1 aromatic heterocycles. The van der Waals surface area contributed by atoms with E-state index in [0.717, 1.165) is 12.3 Å². The molecule has 0 saturated carbocycles. The van der Waals surface area contributed by atoms with Crippen molar-refractivity contribution in [2.45, 2.75) is 0 Å². The second kappa shape index (κ2) is 7.57. The normalized spacial score (nSPS) is 11.6. The van der Waals surface area contributed by atoms with E-state index in [4.69, 9.17) is 11.6 Å². The summed E-state index contributed by atoms with van der Waals surface area (Å²) < 4.78 is 68.6. The molecule has 1 heterocycles. The van der Waals surface area contributed by atoms with Gasteiger partial charge in [-0.1, -0.05) is 11.6 Å². The molecule has 0 radical (unpaired) electrons. The first kappa shape index (κ1) is 22.5. The van der Waals surface area contributed by atoms with Crippen molar-refractivity contribution in [3.05, 3.63) is 23.4 Å². The molecule has 1 N–H and O–H groups in total. The number of fused-ring (bicyclic) bond motifs is 1. The molecule has 0 aliphatic rings. The number of aromatic nitrogens is 1. The summed E-state index contributed by atoms with van der Waals surface area (Å²) in [4.78, 5) is 0. The Balaban J connectivity index is 0.00000220. The summed E-state index contributed by atoms with van der Waals surface area (Å²) in [5, 5.41) is 9.06. The predicted octanol–water partition coefficient (Wildman–Crippen LogP) is -5.84. The van der Waals surface area contributed by atoms with Crippen LogP contribution in [-0.4, -0.2) is 35.0 Å². The maximum atomic E-state index is 11.0. The Kier molecular flexibility index (Phi) is 7.73. The van der Waals surface area contributed by atoms with Gasteiger partial charge in [0.05, 0.1) is 10.5 Å². The summed E-state index contributed by atoms with van der Waals surface area (Å²) in [7, 11) is -10.2. The average Bonchev–Trinajstić information content (AvgIpc) is 2.66. The summed E-state index contributed by atoms with van der Waals surface area (Å²) in [5.41, 5.74) is -0.346. The van der Waals surface area contributed by atoms with Crippen LogP contribution >= 0.6 is 11.6 Å². The maximum absolute atomic E-state index is 11.0. The van der Waals surface area contributed by atoms with Gasteiger partial charge in [-0.05, 0) is 6.07 Å². The number of rotatable bonds is 3. The monoisotopic (exact) mass is 387 g/mol. The quantitative estimate of drug-likeness (QED) is 0.311. The number of nitrogens with zero attached hydrogens (tertiary/aromatic N) is 1. The Labute approximate surface area is 174 Å². The number of halogens is 1. The van der Waals surface area contributed by atoms with Crippen LogP contribution in [0, 0.1) is 0 Å². The van der Waals surface area contributed by atoms with Gasteiger partial charge in [0.2, 0.25) is 0 Å². The van der Waals surface area contributed by atoms with Crippen LogP contribution < -0.4 is 63.3 Å². The van der Waals surface area contributed by atoms with Crippen molar-refractivity contribution < 1.29 is 94.3 Å². The Morgan fingerprint density at radius 3 is 2.18 bits per heavy atom. The van der Waals surface area contributed by atoms with Crippen molar-refractivity contribution in [2.24, 2.45) is 0 Å². The molecular weight excluding hydrogens is 384 g/mol. The van der Waals surface area contributed by atoms with Gasteiger partial charge < -0.3 is 18.4 Å². The fourth-order valence-electron chi connectivity index (χ4n) is 1.55. The second-order valence-electron chi connectivity index (χ2n) is 3.53. The van der Waals surface area contributed by atoms with E-state index >= 15 is 0 Å². The summed E-state index contributed by atoms with van der Waals surface area (Å²) in [6.45, 7) is 0. The first-order valence-corrected chi connectivity index (χ1v) is 7.72. The Morgan fingerprint density at radius 1 is 1.18 bits per heavy atom. The van der Waals surface area contributed by atoms with E-state index in [1.54, 1.807) is 0 Å². The first-order valence-electron chi connectivity index (χ1n) is 4.65. The molecule has 0 amide bonds. The molecule has 2 rings (SSSR count). The molecule has 0 aliphatic heterocycles. The minimum absolute atomic E-state index is 0. The number of hydrogen-bond donors (Lipinski definition) is 1. The Morgan fingerprint density at radius 2 is 1.73 bits per heavy atom. The van der Waals surface area contributed by atoms with E-state index in [9.17, 15) is 31.0 Å². The van der Waals surface area contributed by atoms with E-state index < -0.39 is 37.2 Å². The molecule has 0 bridgehead atoms. The van der Waals surface area contributed by atoms with Crippen LogP contribution in [0.15, 0.2) is 18.3 Å². The topological polar surface area (TPSA) is 149 Å². The van der Waals surface area contributed by atoms with Crippen LogP contribution in [0.3, 0.4) is 0 Å². The fraction of sp³-hybridized carbons (Fsp3) is 0. The van der Waals surface area contributed by atoms with Gasteiger partial charge in [0, 0.05) is 17.6 Å². The van der Waals surface area contributed by atoms with Gasteiger partial charge in [0.1, 0.15) is 0 Å². The molecule has 14 heteroatoms. The van der Waals surface area contributed by atoms with Gasteiger partial charge in [-0.3, -0.25) is 3.97 Å². The van der Waals surface area contributed by atoms with Crippen LogP contribution in [0.4, 0.5) is 0 Å². The third-order valence-corrected chi connectivity index (χ3v) is 3.83. The molecule has 0 unspecified atom stereocenters. The molecule has 9 nitrogen and oxygen atoms in total. The van der Waals surface area contributed by atoms with E-state index in [2.05, 4.69) is 4.18 Å². The van der Waals surface area contributed by atoms with E-state index in [-0.39, 0.29) is 74.0 Å². The molecule has 22 heavy (non-hydrogen) atoms. The zero-order valence-corrected chi connectivity index (χ0v) is 17.6. The third-order valence-electron chi connectivity index (χ3n) is 2.27. The molecular formula is C8H4ClNNa2O8S2. The summed E-state index contributed by atoms with van der Waals surface area (Å²) in [5.74, 6) is -1.76. The zero-order valence-electron chi connectivity index (χ0n) is 11.2. The summed E-state index contributed by atoms with van der Waals surface area (Å²) in [6.07, 6.45) is 0.855. The maximum Gasteiger partial charge on any atom is 1.00 e. The van der Waals surface area contributed by atoms with Gasteiger partial charge in [-0.15, -0.1) is 0 Å². The van der Waals surface area contributed by atoms with Crippen LogP contribution in [0.25, 0.3) is 10.9 Å². The van der Waals surface area contributed by atoms with Crippen molar-refractivity contribution in [2.75, 3.05) is 0 Å². The number of aromatic hydroxyl groups is 1. The predicted molar refractivity (Wildman–Crippen MR) is 64.0 cm³/mol. The van der Waals surface area contributed by atoms with Gasteiger partial charge in [-0.2, -0.15) is 0 Å². The zero-order chi connectivity index (χ0) is 15.3. The largest absolute Gasteiger partial charge is 1.00 e. The van der Waals surface area contributed by atoms with Gasteiger partial charge in [0.25, 0.3) is 10.4 Å². The first-order chi connectivity index (χ1) is 9.00. The fourth-order valence-corrected chi connectivity index (χ4v) is 2.75. The molecule has 0 aliphatic carbocycles. The number of benzene rings is 1. The molecule has 110 valence electrons. The van der Waals surface area contributed by atoms with Gasteiger partial charge in [0.15, 0.2) is 21.8 Å². The minimum Gasteiger partial charge on any atom is -0.731 e. The molecule has 0 atom stereocenters. The van der Waals surface area contributed by atoms with Crippen molar-refractivity contribution in [1.82, 2.24) is 3.97 Å². The van der Waals surface area contributed by atoms with Gasteiger partial charge >= 0.3 is 59.1 Å². The third kappa shape index (κ3) is 4.74. The van der Waals surface area contributed by atoms with E-state index in [0.29, 0.717) is 6.07 Å². The van der Waals surface area contributed by atoms with Crippen LogP contribution in [0.1, 0.15) is 0 Å². The molecule has 1 aromatic carbocycles. The number of hydrogen-bond acceptors (Lipinski definition) is 8. The van der Waals surface area contributed by atoms with E-state index in [1.165, 1.54) is 0 Å². The standard InChI is InChI=1S/C8H6ClNO8S2.2Na/c9-7-4-1-2-10(19(12,13)14)5(4)3-6(8(7)11)18-20(15,16)17;;/h1-3,11H,(H,12,13,14)(H,15,16,17);;/q;2*+1/p-2. The van der Waals surface area contributed by atoms with Crippen LogP contribution in [0.2, 0.25) is 5.02 Å². The van der Waals surface area contributed by atoms with Gasteiger partial charge in [-0.25, -0.2) is 16.8 Å². The van der Waals surface area contributed by atoms with Crippen molar-refractivity contribution in [3.63, 3.8) is 0 Å². The molecule has 0 spiro atoms. The second-order valence-corrected chi connectivity index (χ2v) is 6.14. The summed E-state index contributed by atoms with van der Waals surface area (Å²) >= 11 is 5.69. The Hall–Kier alpha value is 0.470. The smallest absolute Gasteiger partial charge is 0.731 e. The van der Waals surface area contributed by atoms with Crippen molar-refractivity contribution in [1.29, 1.82) is 0 Å². The van der Waals surface area contributed by atoms with Crippen molar-refractivity contribution >= 4 is 43.2 Å². The molecule has 0 fully saturated rings. The van der Waals surface area contributed by atoms with E-state index in [1.807, 2.05) is 0 Å². The Bertz CT molecular complexity index is 908. The molecule has 2 aromatic rings. The number of phenols is 1. The van der Waals surface area contributed by atoms with Crippen molar-refractivity contribution in [3.8, 4) is 11.5 Å². The van der Waals surface area contributed by atoms with Crippen LogP contribution in [0.5, 0.6) is 11.5 Å². The average molecular weight is 388 g/mol. The molecule has 0 saturated heterocycles. The minimum atomic E-state index is -5.22. The van der Waals surface area contributed by atoms with Crippen LogP contribution in [-0.2, 0) is 20.7 Å².